The number of thiazole rings is 1. The molecule has 7 heteroatoms. The van der Waals surface area contributed by atoms with Crippen LogP contribution >= 0.6 is 11.3 Å². The van der Waals surface area contributed by atoms with Crippen LogP contribution in [0, 0.1) is 0 Å². The first-order valence-corrected chi connectivity index (χ1v) is 11.5. The number of para-hydroxylation sites is 1. The highest BCUT2D eigenvalue weighted by Crippen LogP contribution is 2.39. The van der Waals surface area contributed by atoms with E-state index in [9.17, 15) is 9.59 Å². The molecule has 0 aliphatic heterocycles. The Labute approximate surface area is 195 Å². The second-order valence-electron chi connectivity index (χ2n) is 7.67. The number of anilines is 2. The van der Waals surface area contributed by atoms with E-state index >= 15 is 0 Å². The molecular formula is C26H21N3O3S. The lowest BCUT2D eigenvalue weighted by atomic mass is 10.1. The van der Waals surface area contributed by atoms with Crippen molar-refractivity contribution in [3.8, 4) is 11.5 Å². The number of rotatable bonds is 6. The maximum absolute atomic E-state index is 12.9. The quantitative estimate of drug-likeness (QED) is 0.382. The van der Waals surface area contributed by atoms with Gasteiger partial charge in [-0.3, -0.25) is 14.9 Å². The molecule has 0 bridgehead atoms. The molecule has 5 rings (SSSR count). The predicted molar refractivity (Wildman–Crippen MR) is 129 cm³/mol. The van der Waals surface area contributed by atoms with E-state index in [2.05, 4.69) is 15.6 Å². The predicted octanol–water partition coefficient (Wildman–Crippen LogP) is 5.86. The Balaban J connectivity index is 1.22. The van der Waals surface area contributed by atoms with Crippen molar-refractivity contribution >= 4 is 34.0 Å². The Morgan fingerprint density at radius 3 is 2.24 bits per heavy atom. The van der Waals surface area contributed by atoms with E-state index in [1.54, 1.807) is 12.1 Å². The minimum atomic E-state index is -0.334. The van der Waals surface area contributed by atoms with E-state index in [-0.39, 0.29) is 17.7 Å². The molecule has 6 nitrogen and oxygen atoms in total. The van der Waals surface area contributed by atoms with Crippen molar-refractivity contribution in [2.45, 2.75) is 18.8 Å². The van der Waals surface area contributed by atoms with Gasteiger partial charge in [0.15, 0.2) is 5.13 Å². The molecule has 2 amide bonds. The molecule has 33 heavy (non-hydrogen) atoms. The Bertz CT molecular complexity index is 1270. The first-order chi connectivity index (χ1) is 16.2. The summed E-state index contributed by atoms with van der Waals surface area (Å²) < 4.78 is 5.80. The summed E-state index contributed by atoms with van der Waals surface area (Å²) in [5, 5.41) is 6.34. The van der Waals surface area contributed by atoms with Crippen LogP contribution in [0.25, 0.3) is 0 Å². The zero-order chi connectivity index (χ0) is 22.6. The Morgan fingerprint density at radius 1 is 0.848 bits per heavy atom. The average Bonchev–Trinajstić information content (AvgIpc) is 3.42. The van der Waals surface area contributed by atoms with Gasteiger partial charge >= 0.3 is 0 Å². The molecule has 0 radical (unpaired) electrons. The highest BCUT2D eigenvalue weighted by molar-refractivity contribution is 7.16. The number of aryl methyl sites for hydroxylation is 1. The fourth-order valence-electron chi connectivity index (χ4n) is 3.75. The minimum Gasteiger partial charge on any atom is -0.457 e. The van der Waals surface area contributed by atoms with Crippen LogP contribution in [0.3, 0.4) is 0 Å². The first kappa shape index (κ1) is 20.9. The number of carbonyl (C=O) groups excluding carboxylic acids is 2. The number of carbonyl (C=O) groups is 2. The molecule has 1 unspecified atom stereocenters. The molecule has 0 spiro atoms. The molecule has 1 aromatic heterocycles. The second kappa shape index (κ2) is 9.26. The van der Waals surface area contributed by atoms with Gasteiger partial charge in [-0.2, -0.15) is 0 Å². The number of nitrogens with zero attached hydrogens (tertiary/aromatic N) is 1. The number of nitrogens with one attached hydrogen (secondary N) is 2. The van der Waals surface area contributed by atoms with Crippen LogP contribution in [0.15, 0.2) is 84.9 Å². The third-order valence-corrected chi connectivity index (χ3v) is 6.44. The van der Waals surface area contributed by atoms with Crippen molar-refractivity contribution in [1.29, 1.82) is 0 Å². The highest BCUT2D eigenvalue weighted by Gasteiger charge is 2.33. The van der Waals surface area contributed by atoms with Gasteiger partial charge < -0.3 is 10.1 Å². The molecule has 1 aliphatic rings. The summed E-state index contributed by atoms with van der Waals surface area (Å²) in [6.07, 6.45) is 1.48. The molecule has 164 valence electrons. The van der Waals surface area contributed by atoms with Crippen LogP contribution in [-0.4, -0.2) is 16.8 Å². The third kappa shape index (κ3) is 4.78. The Hall–Kier alpha value is -3.97. The zero-order valence-corrected chi connectivity index (χ0v) is 18.5. The van der Waals surface area contributed by atoms with Gasteiger partial charge in [-0.05, 0) is 61.4 Å². The normalized spacial score (nSPS) is 14.4. The summed E-state index contributed by atoms with van der Waals surface area (Å²) in [5.74, 6) is 0.810. The fourth-order valence-corrected chi connectivity index (χ4v) is 4.79. The van der Waals surface area contributed by atoms with Gasteiger partial charge in [-0.15, -0.1) is 11.3 Å². The average molecular weight is 456 g/mol. The molecule has 1 atom stereocenters. The summed E-state index contributed by atoms with van der Waals surface area (Å²) in [6, 6.07) is 25.8. The number of hydrogen-bond acceptors (Lipinski definition) is 5. The summed E-state index contributed by atoms with van der Waals surface area (Å²) in [5.41, 5.74) is 2.02. The highest BCUT2D eigenvalue weighted by atomic mass is 32.1. The Kier molecular flexibility index (Phi) is 5.87. The van der Waals surface area contributed by atoms with Crippen molar-refractivity contribution in [3.05, 3.63) is 101 Å². The first-order valence-electron chi connectivity index (χ1n) is 10.7. The molecule has 2 N–H and O–H groups in total. The minimum absolute atomic E-state index is 0.100. The molecule has 4 aromatic rings. The summed E-state index contributed by atoms with van der Waals surface area (Å²) >= 11 is 1.44. The van der Waals surface area contributed by atoms with Gasteiger partial charge in [-0.25, -0.2) is 4.98 Å². The number of benzene rings is 3. The topological polar surface area (TPSA) is 80.3 Å². The van der Waals surface area contributed by atoms with Crippen LogP contribution in [-0.2, 0) is 11.2 Å². The molecule has 1 aliphatic carbocycles. The van der Waals surface area contributed by atoms with Crippen LogP contribution in [0.2, 0.25) is 0 Å². The molecule has 0 saturated carbocycles. The molecule has 3 aromatic carbocycles. The lowest BCUT2D eigenvalue weighted by Crippen LogP contribution is -2.20. The van der Waals surface area contributed by atoms with Gasteiger partial charge in [0, 0.05) is 16.1 Å². The summed E-state index contributed by atoms with van der Waals surface area (Å²) in [7, 11) is 0. The van der Waals surface area contributed by atoms with Crippen molar-refractivity contribution in [1.82, 2.24) is 4.98 Å². The number of hydrogen-bond donors (Lipinski definition) is 2. The second-order valence-corrected chi connectivity index (χ2v) is 8.75. The molecule has 0 fully saturated rings. The molecule has 0 saturated heterocycles. The lowest BCUT2D eigenvalue weighted by Gasteiger charge is -2.12. The van der Waals surface area contributed by atoms with E-state index in [1.807, 2.05) is 72.8 Å². The van der Waals surface area contributed by atoms with Gasteiger partial charge in [0.1, 0.15) is 11.5 Å². The monoisotopic (exact) mass is 455 g/mol. The van der Waals surface area contributed by atoms with Crippen LogP contribution in [0.5, 0.6) is 11.5 Å². The number of ether oxygens (including phenoxy) is 1. The SMILES string of the molecule is O=C(Nc1nc2c(s1)CCC2C(=O)Nc1ccc(Oc2ccccc2)cc1)c1ccccc1. The van der Waals surface area contributed by atoms with Crippen molar-refractivity contribution < 1.29 is 14.3 Å². The third-order valence-electron chi connectivity index (χ3n) is 5.39. The summed E-state index contributed by atoms with van der Waals surface area (Å²) in [4.78, 5) is 31.0. The molecular weight excluding hydrogens is 434 g/mol. The van der Waals surface area contributed by atoms with Crippen LogP contribution in [0.4, 0.5) is 10.8 Å². The largest absolute Gasteiger partial charge is 0.457 e. The van der Waals surface area contributed by atoms with Gasteiger partial charge in [0.2, 0.25) is 5.91 Å². The van der Waals surface area contributed by atoms with Crippen LogP contribution < -0.4 is 15.4 Å². The summed E-state index contributed by atoms with van der Waals surface area (Å²) in [6.45, 7) is 0. The number of amides is 2. The van der Waals surface area contributed by atoms with Crippen molar-refractivity contribution in [2.75, 3.05) is 10.6 Å². The van der Waals surface area contributed by atoms with Crippen LogP contribution in [0.1, 0.15) is 33.3 Å². The molecule has 1 heterocycles. The van der Waals surface area contributed by atoms with E-state index < -0.39 is 0 Å². The van der Waals surface area contributed by atoms with E-state index in [0.717, 1.165) is 22.7 Å². The fraction of sp³-hybridized carbons (Fsp3) is 0.115. The van der Waals surface area contributed by atoms with Gasteiger partial charge in [0.05, 0.1) is 11.6 Å². The van der Waals surface area contributed by atoms with E-state index in [4.69, 9.17) is 4.74 Å². The maximum Gasteiger partial charge on any atom is 0.257 e. The maximum atomic E-state index is 12.9. The lowest BCUT2D eigenvalue weighted by molar-refractivity contribution is -0.117. The van der Waals surface area contributed by atoms with Gasteiger partial charge in [-0.1, -0.05) is 36.4 Å². The Morgan fingerprint density at radius 2 is 1.52 bits per heavy atom. The smallest absolute Gasteiger partial charge is 0.257 e. The number of fused-ring (bicyclic) bond motifs is 1. The van der Waals surface area contributed by atoms with E-state index in [0.29, 0.717) is 28.6 Å². The standard InChI is InChI=1S/C26H21N3O3S/c30-24(17-7-3-1-4-8-17)29-26-28-23-21(15-16-22(23)33-26)25(31)27-18-11-13-20(14-12-18)32-19-9-5-2-6-10-19/h1-14,21H,15-16H2,(H,27,31)(H,28,29,30). The van der Waals surface area contributed by atoms with Crippen molar-refractivity contribution in [3.63, 3.8) is 0 Å². The van der Waals surface area contributed by atoms with Crippen molar-refractivity contribution in [2.24, 2.45) is 0 Å². The zero-order valence-electron chi connectivity index (χ0n) is 17.7. The van der Waals surface area contributed by atoms with Gasteiger partial charge in [0.25, 0.3) is 5.91 Å². The van der Waals surface area contributed by atoms with E-state index in [1.165, 1.54) is 11.3 Å². The number of aromatic nitrogens is 1.